The smallest absolute Gasteiger partial charge is 0.246 e. The van der Waals surface area contributed by atoms with Crippen molar-refractivity contribution in [1.82, 2.24) is 14.3 Å². The molecule has 3 aromatic rings. The van der Waals surface area contributed by atoms with E-state index >= 15 is 0 Å². The molecule has 0 amide bonds. The standard InChI is InChI=1S/C19H20Cl2N4O2S/c1-24(17-8-10-23-19-14(17)7-9-22-19)13-4-3-11-25(12-13)28(26,27)18-15(20)5-2-6-16(18)21/h2,5-10,13H,3-4,11-12H2,1H3,(H,22,23)/t13-/m1/s1. The highest BCUT2D eigenvalue weighted by Crippen LogP contribution is 2.34. The number of piperidine rings is 1. The number of hydrogen-bond acceptors (Lipinski definition) is 4. The van der Waals surface area contributed by atoms with Crippen molar-refractivity contribution in [1.29, 1.82) is 0 Å². The highest BCUT2D eigenvalue weighted by atomic mass is 35.5. The first kappa shape index (κ1) is 19.5. The lowest BCUT2D eigenvalue weighted by atomic mass is 10.1. The van der Waals surface area contributed by atoms with Crippen LogP contribution in [-0.4, -0.2) is 48.9 Å². The molecule has 0 bridgehead atoms. The van der Waals surface area contributed by atoms with Crippen LogP contribution in [0, 0.1) is 0 Å². The summed E-state index contributed by atoms with van der Waals surface area (Å²) >= 11 is 12.3. The van der Waals surface area contributed by atoms with Crippen molar-refractivity contribution in [3.63, 3.8) is 0 Å². The molecule has 9 heteroatoms. The summed E-state index contributed by atoms with van der Waals surface area (Å²) in [6, 6.07) is 8.71. The number of H-pyrrole nitrogens is 1. The van der Waals surface area contributed by atoms with Gasteiger partial charge < -0.3 is 9.88 Å². The third-order valence-electron chi connectivity index (χ3n) is 5.24. The molecule has 1 fully saturated rings. The topological polar surface area (TPSA) is 69.3 Å². The molecule has 1 atom stereocenters. The molecule has 0 saturated carbocycles. The molecule has 1 aromatic carbocycles. The molecule has 1 saturated heterocycles. The summed E-state index contributed by atoms with van der Waals surface area (Å²) < 4.78 is 27.9. The molecule has 148 valence electrons. The van der Waals surface area contributed by atoms with Gasteiger partial charge in [0.1, 0.15) is 10.5 Å². The van der Waals surface area contributed by atoms with Crippen LogP contribution >= 0.6 is 23.2 Å². The van der Waals surface area contributed by atoms with Gasteiger partial charge in [0.2, 0.25) is 10.0 Å². The summed E-state index contributed by atoms with van der Waals surface area (Å²) in [6.45, 7) is 0.818. The summed E-state index contributed by atoms with van der Waals surface area (Å²) in [6.07, 6.45) is 5.27. The van der Waals surface area contributed by atoms with Crippen molar-refractivity contribution >= 4 is 49.9 Å². The lowest BCUT2D eigenvalue weighted by Crippen LogP contribution is -2.48. The second kappa shape index (κ2) is 7.55. The molecule has 0 unspecified atom stereocenters. The molecule has 3 heterocycles. The molecule has 6 nitrogen and oxygen atoms in total. The van der Waals surface area contributed by atoms with Gasteiger partial charge in [0, 0.05) is 49.6 Å². The predicted octanol–water partition coefficient (Wildman–Crippen LogP) is 4.16. The number of sulfonamides is 1. The van der Waals surface area contributed by atoms with Crippen molar-refractivity contribution in [2.24, 2.45) is 0 Å². The van der Waals surface area contributed by atoms with Crippen molar-refractivity contribution < 1.29 is 8.42 Å². The number of hydrogen-bond donors (Lipinski definition) is 1. The second-order valence-electron chi connectivity index (χ2n) is 6.89. The zero-order valence-corrected chi connectivity index (χ0v) is 17.6. The number of likely N-dealkylation sites (N-methyl/N-ethyl adjacent to an activating group) is 1. The van der Waals surface area contributed by atoms with Crippen LogP contribution in [0.15, 0.2) is 47.6 Å². The Hall–Kier alpha value is -1.80. The minimum atomic E-state index is -3.78. The number of fused-ring (bicyclic) bond motifs is 1. The number of rotatable bonds is 4. The number of nitrogens with one attached hydrogen (secondary N) is 1. The fourth-order valence-corrected chi connectivity index (χ4v) is 6.37. The monoisotopic (exact) mass is 438 g/mol. The van der Waals surface area contributed by atoms with E-state index in [-0.39, 0.29) is 21.0 Å². The van der Waals surface area contributed by atoms with Gasteiger partial charge in [-0.15, -0.1) is 0 Å². The first-order chi connectivity index (χ1) is 13.4. The summed E-state index contributed by atoms with van der Waals surface area (Å²) in [5.41, 5.74) is 1.83. The van der Waals surface area contributed by atoms with Gasteiger partial charge in [-0.2, -0.15) is 4.31 Å². The van der Waals surface area contributed by atoms with E-state index < -0.39 is 10.0 Å². The van der Waals surface area contributed by atoms with Gasteiger partial charge in [-0.25, -0.2) is 13.4 Å². The fraction of sp³-hybridized carbons (Fsp3) is 0.316. The van der Waals surface area contributed by atoms with Gasteiger partial charge >= 0.3 is 0 Å². The van der Waals surface area contributed by atoms with Crippen LogP contribution in [0.1, 0.15) is 12.8 Å². The number of aromatic amines is 1. The summed E-state index contributed by atoms with van der Waals surface area (Å²) in [5.74, 6) is 0. The molecule has 4 rings (SSSR count). The van der Waals surface area contributed by atoms with Gasteiger partial charge in [-0.3, -0.25) is 0 Å². The number of halogens is 2. The quantitative estimate of drug-likeness (QED) is 0.663. The van der Waals surface area contributed by atoms with E-state index in [1.54, 1.807) is 24.4 Å². The van der Waals surface area contributed by atoms with Crippen LogP contribution in [0.4, 0.5) is 5.69 Å². The second-order valence-corrected chi connectivity index (χ2v) is 9.58. The molecule has 2 aromatic heterocycles. The van der Waals surface area contributed by atoms with E-state index in [0.29, 0.717) is 13.1 Å². The maximum atomic E-state index is 13.2. The van der Waals surface area contributed by atoms with E-state index in [4.69, 9.17) is 23.2 Å². The first-order valence-electron chi connectivity index (χ1n) is 8.98. The van der Waals surface area contributed by atoms with E-state index in [0.717, 1.165) is 29.6 Å². The average molecular weight is 439 g/mol. The van der Waals surface area contributed by atoms with E-state index in [1.807, 2.05) is 25.4 Å². The molecular weight excluding hydrogens is 419 g/mol. The minimum absolute atomic E-state index is 0.0152. The van der Waals surface area contributed by atoms with Crippen LogP contribution < -0.4 is 4.90 Å². The van der Waals surface area contributed by atoms with Gasteiger partial charge in [0.15, 0.2) is 0 Å². The van der Waals surface area contributed by atoms with Crippen LogP contribution in [0.5, 0.6) is 0 Å². The Kier molecular flexibility index (Phi) is 5.26. The summed E-state index contributed by atoms with van der Waals surface area (Å²) in [4.78, 5) is 9.55. The van der Waals surface area contributed by atoms with Crippen molar-refractivity contribution in [2.75, 3.05) is 25.0 Å². The fourth-order valence-electron chi connectivity index (χ4n) is 3.76. The molecule has 0 radical (unpaired) electrons. The largest absolute Gasteiger partial charge is 0.370 e. The minimum Gasteiger partial charge on any atom is -0.370 e. The average Bonchev–Trinajstić information content (AvgIpc) is 3.16. The lowest BCUT2D eigenvalue weighted by Gasteiger charge is -2.38. The van der Waals surface area contributed by atoms with Gasteiger partial charge in [-0.1, -0.05) is 29.3 Å². The van der Waals surface area contributed by atoms with Crippen LogP contribution in [0.2, 0.25) is 10.0 Å². The van der Waals surface area contributed by atoms with E-state index in [1.165, 1.54) is 4.31 Å². The maximum absolute atomic E-state index is 13.2. The number of pyridine rings is 1. The molecule has 1 aliphatic heterocycles. The molecule has 0 aliphatic carbocycles. The lowest BCUT2D eigenvalue weighted by molar-refractivity contribution is 0.311. The Morgan fingerprint density at radius 1 is 1.21 bits per heavy atom. The van der Waals surface area contributed by atoms with Crippen LogP contribution in [-0.2, 0) is 10.0 Å². The molecule has 0 spiro atoms. The van der Waals surface area contributed by atoms with Crippen molar-refractivity contribution in [3.05, 3.63) is 52.8 Å². The third kappa shape index (κ3) is 3.37. The number of nitrogens with zero attached hydrogens (tertiary/aromatic N) is 3. The van der Waals surface area contributed by atoms with Gasteiger partial charge in [-0.05, 0) is 37.1 Å². The zero-order chi connectivity index (χ0) is 19.9. The van der Waals surface area contributed by atoms with Crippen LogP contribution in [0.3, 0.4) is 0 Å². The highest BCUT2D eigenvalue weighted by molar-refractivity contribution is 7.89. The van der Waals surface area contributed by atoms with E-state index in [9.17, 15) is 8.42 Å². The number of anilines is 1. The SMILES string of the molecule is CN(c1ccnc2[nH]ccc12)[C@@H]1CCCN(S(=O)(=O)c2c(Cl)cccc2Cl)C1. The molecular formula is C19H20Cl2N4O2S. The third-order valence-corrected chi connectivity index (χ3v) is 8.06. The van der Waals surface area contributed by atoms with Gasteiger partial charge in [0.05, 0.1) is 10.0 Å². The molecule has 28 heavy (non-hydrogen) atoms. The number of benzene rings is 1. The van der Waals surface area contributed by atoms with Crippen LogP contribution in [0.25, 0.3) is 11.0 Å². The Balaban J connectivity index is 1.63. The Morgan fingerprint density at radius 3 is 2.71 bits per heavy atom. The van der Waals surface area contributed by atoms with Gasteiger partial charge in [0.25, 0.3) is 0 Å². The summed E-state index contributed by atoms with van der Waals surface area (Å²) in [5, 5.41) is 1.30. The predicted molar refractivity (Wildman–Crippen MR) is 113 cm³/mol. The zero-order valence-electron chi connectivity index (χ0n) is 15.3. The summed E-state index contributed by atoms with van der Waals surface area (Å²) in [7, 11) is -1.79. The number of aromatic nitrogens is 2. The van der Waals surface area contributed by atoms with Crippen molar-refractivity contribution in [3.8, 4) is 0 Å². The Labute approximate surface area is 174 Å². The molecule has 1 aliphatic rings. The normalized spacial score (nSPS) is 18.5. The molecule has 1 N–H and O–H groups in total. The Morgan fingerprint density at radius 2 is 1.96 bits per heavy atom. The van der Waals surface area contributed by atoms with Crippen molar-refractivity contribution in [2.45, 2.75) is 23.8 Å². The maximum Gasteiger partial charge on any atom is 0.246 e. The van der Waals surface area contributed by atoms with E-state index in [2.05, 4.69) is 14.9 Å². The first-order valence-corrected chi connectivity index (χ1v) is 11.2. The highest BCUT2D eigenvalue weighted by Gasteiger charge is 2.34. The Bertz CT molecular complexity index is 1100.